The Bertz CT molecular complexity index is 500. The zero-order valence-electron chi connectivity index (χ0n) is 11.9. The summed E-state index contributed by atoms with van der Waals surface area (Å²) in [5.74, 6) is 1.37. The van der Waals surface area contributed by atoms with Gasteiger partial charge in [0.1, 0.15) is 0 Å². The molecular weight excluding hydrogens is 272 g/mol. The average Bonchev–Trinajstić information content (AvgIpc) is 3.14. The number of amides is 1. The molecule has 1 aromatic carbocycles. The molecule has 0 spiro atoms. The van der Waals surface area contributed by atoms with E-state index in [4.69, 9.17) is 14.2 Å². The van der Waals surface area contributed by atoms with Crippen molar-refractivity contribution in [3.63, 3.8) is 0 Å². The Kier molecular flexibility index (Phi) is 4.57. The van der Waals surface area contributed by atoms with Gasteiger partial charge in [-0.25, -0.2) is 0 Å². The molecule has 0 radical (unpaired) electrons. The van der Waals surface area contributed by atoms with Gasteiger partial charge in [0.05, 0.1) is 6.10 Å². The maximum Gasteiger partial charge on any atom is 0.231 e. The molecule has 0 saturated carbocycles. The van der Waals surface area contributed by atoms with Gasteiger partial charge in [-0.15, -0.1) is 0 Å². The minimum Gasteiger partial charge on any atom is -0.454 e. The van der Waals surface area contributed by atoms with E-state index in [1.54, 1.807) is 12.1 Å². The lowest BCUT2D eigenvalue weighted by atomic mass is 10.2. The molecule has 2 N–H and O–H groups in total. The number of carbonyl (C=O) groups excluding carboxylic acids is 1. The monoisotopic (exact) mass is 292 g/mol. The minimum absolute atomic E-state index is 0.0197. The second-order valence-electron chi connectivity index (χ2n) is 5.21. The van der Waals surface area contributed by atoms with Crippen molar-refractivity contribution in [2.45, 2.75) is 25.4 Å². The molecule has 1 amide bonds. The molecule has 0 aliphatic carbocycles. The third kappa shape index (κ3) is 3.86. The van der Waals surface area contributed by atoms with E-state index in [0.717, 1.165) is 31.7 Å². The van der Waals surface area contributed by atoms with Crippen LogP contribution in [-0.2, 0) is 9.53 Å². The summed E-state index contributed by atoms with van der Waals surface area (Å²) in [5.41, 5.74) is 0.725. The SMILES string of the molecule is O=C(CCNCC1CCCO1)Nc1ccc2c(c1)OCO2. The van der Waals surface area contributed by atoms with E-state index in [0.29, 0.717) is 30.6 Å². The quantitative estimate of drug-likeness (QED) is 0.778. The molecule has 2 aliphatic rings. The molecule has 0 aromatic heterocycles. The molecule has 0 bridgehead atoms. The number of ether oxygens (including phenoxy) is 3. The van der Waals surface area contributed by atoms with E-state index in [2.05, 4.69) is 10.6 Å². The Labute approximate surface area is 123 Å². The zero-order chi connectivity index (χ0) is 14.5. The van der Waals surface area contributed by atoms with Crippen molar-refractivity contribution in [3.8, 4) is 11.5 Å². The second kappa shape index (κ2) is 6.78. The number of rotatable bonds is 6. The van der Waals surface area contributed by atoms with Gasteiger partial charge in [-0.05, 0) is 25.0 Å². The van der Waals surface area contributed by atoms with Crippen LogP contribution >= 0.6 is 0 Å². The summed E-state index contributed by atoms with van der Waals surface area (Å²) in [6.45, 7) is 2.56. The summed E-state index contributed by atoms with van der Waals surface area (Å²) in [6.07, 6.45) is 2.98. The largest absolute Gasteiger partial charge is 0.454 e. The van der Waals surface area contributed by atoms with Crippen LogP contribution in [-0.4, -0.2) is 38.5 Å². The maximum atomic E-state index is 11.9. The van der Waals surface area contributed by atoms with Crippen molar-refractivity contribution in [2.75, 3.05) is 31.8 Å². The zero-order valence-corrected chi connectivity index (χ0v) is 11.9. The van der Waals surface area contributed by atoms with Crippen LogP contribution in [0.4, 0.5) is 5.69 Å². The van der Waals surface area contributed by atoms with Crippen LogP contribution in [0.2, 0.25) is 0 Å². The average molecular weight is 292 g/mol. The van der Waals surface area contributed by atoms with E-state index >= 15 is 0 Å². The molecule has 21 heavy (non-hydrogen) atoms. The first-order valence-corrected chi connectivity index (χ1v) is 7.33. The fourth-order valence-electron chi connectivity index (χ4n) is 2.47. The lowest BCUT2D eigenvalue weighted by Crippen LogP contribution is -2.29. The molecule has 1 aromatic rings. The highest BCUT2D eigenvalue weighted by atomic mass is 16.7. The Morgan fingerprint density at radius 1 is 1.29 bits per heavy atom. The van der Waals surface area contributed by atoms with Crippen molar-refractivity contribution < 1.29 is 19.0 Å². The summed E-state index contributed by atoms with van der Waals surface area (Å²) in [5, 5.41) is 6.11. The third-order valence-electron chi connectivity index (χ3n) is 3.58. The van der Waals surface area contributed by atoms with E-state index in [1.165, 1.54) is 0 Å². The number of anilines is 1. The molecule has 1 fully saturated rings. The van der Waals surface area contributed by atoms with Crippen LogP contribution in [0.25, 0.3) is 0 Å². The molecule has 2 heterocycles. The minimum atomic E-state index is -0.0197. The van der Waals surface area contributed by atoms with Gasteiger partial charge < -0.3 is 24.8 Å². The van der Waals surface area contributed by atoms with E-state index in [-0.39, 0.29) is 12.7 Å². The van der Waals surface area contributed by atoms with Crippen molar-refractivity contribution in [1.29, 1.82) is 0 Å². The van der Waals surface area contributed by atoms with Crippen LogP contribution < -0.4 is 20.1 Å². The van der Waals surface area contributed by atoms with E-state index in [1.807, 2.05) is 6.07 Å². The number of benzene rings is 1. The van der Waals surface area contributed by atoms with Crippen molar-refractivity contribution in [3.05, 3.63) is 18.2 Å². The standard InChI is InChI=1S/C15H20N2O4/c18-15(5-6-16-9-12-2-1-7-19-12)17-11-3-4-13-14(8-11)21-10-20-13/h3-4,8,12,16H,1-2,5-7,9-10H2,(H,17,18). The Hall–Kier alpha value is -1.79. The molecule has 1 saturated heterocycles. The number of carbonyl (C=O) groups is 1. The summed E-state index contributed by atoms with van der Waals surface area (Å²) in [4.78, 5) is 11.9. The van der Waals surface area contributed by atoms with Crippen molar-refractivity contribution in [1.82, 2.24) is 5.32 Å². The van der Waals surface area contributed by atoms with Crippen LogP contribution in [0.3, 0.4) is 0 Å². The molecular formula is C15H20N2O4. The molecule has 114 valence electrons. The Morgan fingerprint density at radius 3 is 3.05 bits per heavy atom. The predicted molar refractivity (Wildman–Crippen MR) is 77.7 cm³/mol. The highest BCUT2D eigenvalue weighted by Crippen LogP contribution is 2.34. The highest BCUT2D eigenvalue weighted by molar-refractivity contribution is 5.91. The molecule has 3 rings (SSSR count). The van der Waals surface area contributed by atoms with Crippen LogP contribution in [0.15, 0.2) is 18.2 Å². The summed E-state index contributed by atoms with van der Waals surface area (Å²) < 4.78 is 16.0. The fourth-order valence-corrected chi connectivity index (χ4v) is 2.47. The normalized spacial score (nSPS) is 19.7. The van der Waals surface area contributed by atoms with Gasteiger partial charge in [0, 0.05) is 37.9 Å². The highest BCUT2D eigenvalue weighted by Gasteiger charge is 2.15. The Morgan fingerprint density at radius 2 is 2.19 bits per heavy atom. The first-order valence-electron chi connectivity index (χ1n) is 7.33. The first-order chi connectivity index (χ1) is 10.3. The molecule has 1 unspecified atom stereocenters. The van der Waals surface area contributed by atoms with E-state index < -0.39 is 0 Å². The van der Waals surface area contributed by atoms with E-state index in [9.17, 15) is 4.79 Å². The number of nitrogens with one attached hydrogen (secondary N) is 2. The van der Waals surface area contributed by atoms with Crippen LogP contribution in [0, 0.1) is 0 Å². The topological polar surface area (TPSA) is 68.8 Å². The number of hydrogen-bond donors (Lipinski definition) is 2. The van der Waals surface area contributed by atoms with Gasteiger partial charge in [0.25, 0.3) is 0 Å². The summed E-state index contributed by atoms with van der Waals surface area (Å²) >= 11 is 0. The van der Waals surface area contributed by atoms with Gasteiger partial charge >= 0.3 is 0 Å². The Balaban J connectivity index is 1.37. The maximum absolute atomic E-state index is 11.9. The fraction of sp³-hybridized carbons (Fsp3) is 0.533. The van der Waals surface area contributed by atoms with Crippen molar-refractivity contribution in [2.24, 2.45) is 0 Å². The molecule has 2 aliphatic heterocycles. The van der Waals surface area contributed by atoms with Crippen molar-refractivity contribution >= 4 is 11.6 Å². The number of hydrogen-bond acceptors (Lipinski definition) is 5. The first kappa shape index (κ1) is 14.2. The number of fused-ring (bicyclic) bond motifs is 1. The predicted octanol–water partition coefficient (Wildman–Crippen LogP) is 1.51. The summed E-state index contributed by atoms with van der Waals surface area (Å²) in [6, 6.07) is 5.39. The van der Waals surface area contributed by atoms with Crippen LogP contribution in [0.5, 0.6) is 11.5 Å². The second-order valence-corrected chi connectivity index (χ2v) is 5.21. The van der Waals surface area contributed by atoms with Gasteiger partial charge in [0.15, 0.2) is 11.5 Å². The van der Waals surface area contributed by atoms with Gasteiger partial charge in [-0.2, -0.15) is 0 Å². The smallest absolute Gasteiger partial charge is 0.231 e. The lowest BCUT2D eigenvalue weighted by Gasteiger charge is -2.10. The third-order valence-corrected chi connectivity index (χ3v) is 3.58. The molecule has 6 heteroatoms. The van der Waals surface area contributed by atoms with Gasteiger partial charge in [0.2, 0.25) is 12.7 Å². The van der Waals surface area contributed by atoms with Gasteiger partial charge in [-0.1, -0.05) is 0 Å². The van der Waals surface area contributed by atoms with Crippen LogP contribution in [0.1, 0.15) is 19.3 Å². The molecule has 1 atom stereocenters. The summed E-state index contributed by atoms with van der Waals surface area (Å²) in [7, 11) is 0. The lowest BCUT2D eigenvalue weighted by molar-refractivity contribution is -0.116. The molecule has 6 nitrogen and oxygen atoms in total. The van der Waals surface area contributed by atoms with Gasteiger partial charge in [-0.3, -0.25) is 4.79 Å².